The van der Waals surface area contributed by atoms with E-state index in [1.54, 1.807) is 0 Å². The van der Waals surface area contributed by atoms with Crippen molar-refractivity contribution >= 4 is 9.16 Å². The Hall–Kier alpha value is -0.980. The predicted molar refractivity (Wildman–Crippen MR) is 118 cm³/mol. The zero-order valence-corrected chi connectivity index (χ0v) is 17.9. The van der Waals surface area contributed by atoms with E-state index in [4.69, 9.17) is 0 Å². The summed E-state index contributed by atoms with van der Waals surface area (Å²) < 4.78 is 0. The van der Waals surface area contributed by atoms with Crippen molar-refractivity contribution < 1.29 is 0 Å². The van der Waals surface area contributed by atoms with Crippen molar-refractivity contribution in [3.63, 3.8) is 0 Å². The fraction of sp³-hybridized carbons (Fsp3) is 0.682. The van der Waals surface area contributed by atoms with E-state index in [9.17, 15) is 5.26 Å². The molecule has 0 aliphatic rings. The van der Waals surface area contributed by atoms with Crippen LogP contribution in [0, 0.1) is 10.7 Å². The second kappa shape index (κ2) is 12.4. The molecule has 0 aliphatic heterocycles. The van der Waals surface area contributed by atoms with Gasteiger partial charge in [-0.3, -0.25) is 0 Å². The summed E-state index contributed by atoms with van der Waals surface area (Å²) in [6.45, 7) is 2.27. The van der Waals surface area contributed by atoms with E-state index < -0.39 is 9.16 Å². The zero-order chi connectivity index (χ0) is 17.8. The van der Waals surface area contributed by atoms with Crippen LogP contribution in [0.4, 0.5) is 0 Å². The summed E-state index contributed by atoms with van der Waals surface area (Å²) in [5, 5.41) is 12.6. The quantitative estimate of drug-likeness (QED) is 0.222. The minimum atomic E-state index is -2.23. The van der Waals surface area contributed by atoms with Gasteiger partial charge in [-0.25, -0.2) is 9.16 Å². The van der Waals surface area contributed by atoms with Crippen LogP contribution in [0.1, 0.15) is 76.7 Å². The van der Waals surface area contributed by atoms with Crippen LogP contribution in [0.3, 0.4) is 0 Å². The van der Waals surface area contributed by atoms with Crippen molar-refractivity contribution in [1.82, 2.24) is 6.15 Å². The molecule has 0 saturated carbocycles. The molecule has 1 aromatic carbocycles. The van der Waals surface area contributed by atoms with Gasteiger partial charge in [0.2, 0.25) is 0 Å². The van der Waals surface area contributed by atoms with E-state index in [1.807, 2.05) is 0 Å². The third-order valence-corrected chi connectivity index (χ3v) is 8.92. The molecule has 3 heteroatoms. The minimum absolute atomic E-state index is 0. The van der Waals surface area contributed by atoms with Gasteiger partial charge in [-0.2, -0.15) is 5.26 Å². The SMILES string of the molecule is CCCCCCCCCCCC[SH](C)(C)(C#N)Cc1ccccc1.N. The summed E-state index contributed by atoms with van der Waals surface area (Å²) >= 11 is 0. The Balaban J connectivity index is 0.00000576. The van der Waals surface area contributed by atoms with Crippen molar-refractivity contribution in [2.24, 2.45) is 0 Å². The smallest absolute Gasteiger partial charge is 0.0960 e. The molecule has 0 spiro atoms. The van der Waals surface area contributed by atoms with Crippen molar-refractivity contribution in [2.45, 2.75) is 76.9 Å². The maximum Gasteiger partial charge on any atom is 0.0960 e. The topological polar surface area (TPSA) is 58.8 Å². The Morgan fingerprint density at radius 1 is 0.800 bits per heavy atom. The van der Waals surface area contributed by atoms with Crippen molar-refractivity contribution in [3.8, 4) is 5.40 Å². The lowest BCUT2D eigenvalue weighted by Gasteiger charge is -2.48. The van der Waals surface area contributed by atoms with Crippen LogP contribution >= 0.6 is 9.16 Å². The van der Waals surface area contributed by atoms with Gasteiger partial charge in [0.25, 0.3) is 0 Å². The van der Waals surface area contributed by atoms with Crippen LogP contribution in [-0.2, 0) is 5.75 Å². The molecule has 0 radical (unpaired) electrons. The van der Waals surface area contributed by atoms with Crippen LogP contribution < -0.4 is 6.15 Å². The van der Waals surface area contributed by atoms with Crippen LogP contribution in [-0.4, -0.2) is 18.3 Å². The molecule has 3 N–H and O–H groups in total. The van der Waals surface area contributed by atoms with Crippen LogP contribution in [0.2, 0.25) is 0 Å². The Morgan fingerprint density at radius 3 is 1.76 bits per heavy atom. The molecule has 1 rings (SSSR count). The average molecular weight is 367 g/mol. The molecule has 0 heterocycles. The van der Waals surface area contributed by atoms with Crippen LogP contribution in [0.5, 0.6) is 0 Å². The van der Waals surface area contributed by atoms with Gasteiger partial charge in [0.15, 0.2) is 0 Å². The lowest BCUT2D eigenvalue weighted by Crippen LogP contribution is -2.19. The number of thiocyanates is 1. The first-order valence-corrected chi connectivity index (χ1v) is 13.4. The fourth-order valence-electron chi connectivity index (χ4n) is 3.44. The maximum absolute atomic E-state index is 9.86. The number of thiol groups is 1. The highest BCUT2D eigenvalue weighted by Crippen LogP contribution is 2.65. The average Bonchev–Trinajstić information content (AvgIpc) is 2.57. The second-order valence-electron chi connectivity index (χ2n) is 8.35. The first kappa shape index (κ1) is 24.0. The molecule has 0 bridgehead atoms. The van der Waals surface area contributed by atoms with Gasteiger partial charge >= 0.3 is 0 Å². The summed E-state index contributed by atoms with van der Waals surface area (Å²) in [4.78, 5) is 0. The number of unbranched alkanes of at least 4 members (excludes halogenated alkanes) is 9. The molecular formula is C22H42N2S. The van der Waals surface area contributed by atoms with Gasteiger partial charge in [-0.1, -0.05) is 95.0 Å². The Kier molecular flexibility index (Phi) is 11.9. The van der Waals surface area contributed by atoms with Crippen molar-refractivity contribution in [2.75, 3.05) is 18.3 Å². The summed E-state index contributed by atoms with van der Waals surface area (Å²) in [5.41, 5.74) is 1.33. The molecule has 0 amide bonds. The predicted octanol–water partition coefficient (Wildman–Crippen LogP) is 7.08. The number of rotatable bonds is 13. The molecular weight excluding hydrogens is 324 g/mol. The number of nitrogens with zero attached hydrogens (tertiary/aromatic N) is 1. The molecule has 0 aliphatic carbocycles. The van der Waals surface area contributed by atoms with Crippen molar-refractivity contribution in [1.29, 1.82) is 5.26 Å². The zero-order valence-electron chi connectivity index (χ0n) is 17.0. The fourth-order valence-corrected chi connectivity index (χ4v) is 6.39. The second-order valence-corrected chi connectivity index (χ2v) is 14.7. The molecule has 25 heavy (non-hydrogen) atoms. The van der Waals surface area contributed by atoms with E-state index in [1.165, 1.54) is 69.8 Å². The summed E-state index contributed by atoms with van der Waals surface area (Å²) in [6, 6.07) is 10.6. The molecule has 1 aromatic rings. The maximum atomic E-state index is 9.86. The van der Waals surface area contributed by atoms with Crippen LogP contribution in [0.25, 0.3) is 0 Å². The highest BCUT2D eigenvalue weighted by atomic mass is 32.3. The monoisotopic (exact) mass is 366 g/mol. The molecule has 0 fully saturated rings. The molecule has 146 valence electrons. The van der Waals surface area contributed by atoms with Gasteiger partial charge in [0.05, 0.1) is 5.40 Å². The summed E-state index contributed by atoms with van der Waals surface area (Å²) in [6.07, 6.45) is 18.2. The molecule has 0 unspecified atom stereocenters. The normalized spacial score (nSPS) is 12.6. The highest BCUT2D eigenvalue weighted by Gasteiger charge is 2.30. The van der Waals surface area contributed by atoms with E-state index in [2.05, 4.69) is 55.2 Å². The number of benzene rings is 1. The van der Waals surface area contributed by atoms with E-state index in [-0.39, 0.29) is 6.15 Å². The third-order valence-electron chi connectivity index (χ3n) is 5.10. The van der Waals surface area contributed by atoms with Crippen LogP contribution in [0.15, 0.2) is 30.3 Å². The lowest BCUT2D eigenvalue weighted by atomic mass is 10.1. The van der Waals surface area contributed by atoms with Gasteiger partial charge in [0.1, 0.15) is 0 Å². The largest absolute Gasteiger partial charge is 0.344 e. The Labute approximate surface area is 157 Å². The summed E-state index contributed by atoms with van der Waals surface area (Å²) in [7, 11) is -2.23. The summed E-state index contributed by atoms with van der Waals surface area (Å²) in [5.74, 6) is 2.09. The minimum Gasteiger partial charge on any atom is -0.344 e. The Morgan fingerprint density at radius 2 is 1.28 bits per heavy atom. The van der Waals surface area contributed by atoms with Crippen molar-refractivity contribution in [3.05, 3.63) is 35.9 Å². The molecule has 0 aromatic heterocycles. The molecule has 0 saturated heterocycles. The number of hydrogen-bond acceptors (Lipinski definition) is 2. The number of nitriles is 1. The van der Waals surface area contributed by atoms with Gasteiger partial charge in [-0.05, 0) is 36.0 Å². The first-order valence-electron chi connectivity index (χ1n) is 9.95. The Bertz CT molecular complexity index is 490. The van der Waals surface area contributed by atoms with E-state index in [0.717, 1.165) is 11.5 Å². The van der Waals surface area contributed by atoms with Gasteiger partial charge in [0, 0.05) is 0 Å². The lowest BCUT2D eigenvalue weighted by molar-refractivity contribution is 0.563. The highest BCUT2D eigenvalue weighted by molar-refractivity contribution is 8.51. The number of hydrogen-bond donors (Lipinski definition) is 2. The molecule has 2 nitrogen and oxygen atoms in total. The van der Waals surface area contributed by atoms with E-state index >= 15 is 0 Å². The van der Waals surface area contributed by atoms with Gasteiger partial charge < -0.3 is 6.15 Å². The third kappa shape index (κ3) is 10.6. The molecule has 0 atom stereocenters. The standard InChI is InChI=1S/C22H39NS.H3N/c1-4-5-6-7-8-9-10-11-12-16-19-24(2,3,21-23)20-22-17-14-13-15-18-22;/h13-15,17-18,24H,4-12,16,19-20H2,1-3H3;1H3. The first-order chi connectivity index (χ1) is 11.5. The van der Waals surface area contributed by atoms with Gasteiger partial charge in [-0.15, -0.1) is 0 Å². The van der Waals surface area contributed by atoms with E-state index in [0.29, 0.717) is 0 Å².